The summed E-state index contributed by atoms with van der Waals surface area (Å²) in [5.41, 5.74) is 3.81. The molecule has 1 aliphatic heterocycles. The van der Waals surface area contributed by atoms with Crippen LogP contribution in [0.5, 0.6) is 5.75 Å². The molecule has 3 aromatic carbocycles. The van der Waals surface area contributed by atoms with Gasteiger partial charge in [0.05, 0.1) is 25.9 Å². The van der Waals surface area contributed by atoms with E-state index in [4.69, 9.17) is 14.2 Å². The molecule has 1 aliphatic rings. The molecule has 8 nitrogen and oxygen atoms in total. The molecule has 0 radical (unpaired) electrons. The highest BCUT2D eigenvalue weighted by molar-refractivity contribution is 7.99. The molecule has 1 fully saturated rings. The summed E-state index contributed by atoms with van der Waals surface area (Å²) in [4.78, 5) is 24.3. The van der Waals surface area contributed by atoms with Crippen LogP contribution in [0.1, 0.15) is 74.2 Å². The Balaban J connectivity index is 1.38. The lowest BCUT2D eigenvalue weighted by Gasteiger charge is -2.41. The van der Waals surface area contributed by atoms with Gasteiger partial charge in [0.1, 0.15) is 5.75 Å². The lowest BCUT2D eigenvalue weighted by atomic mass is 9.91. The molecule has 236 valence electrons. The van der Waals surface area contributed by atoms with E-state index in [1.807, 2.05) is 66.7 Å². The van der Waals surface area contributed by atoms with Crippen molar-refractivity contribution < 1.29 is 28.9 Å². The van der Waals surface area contributed by atoms with Gasteiger partial charge in [0.25, 0.3) is 0 Å². The largest absolute Gasteiger partial charge is 0.496 e. The van der Waals surface area contributed by atoms with Crippen molar-refractivity contribution >= 4 is 23.6 Å². The summed E-state index contributed by atoms with van der Waals surface area (Å²) in [6.45, 7) is 4.76. The Kier molecular flexibility index (Phi) is 13.1. The fourth-order valence-electron chi connectivity index (χ4n) is 5.15. The quantitative estimate of drug-likeness (QED) is 0.140. The summed E-state index contributed by atoms with van der Waals surface area (Å²) in [5.74, 6) is 1.64. The number of amides is 2. The normalized spacial score (nSPS) is 19.7. The molecular weight excluding hydrogens is 576 g/mol. The fourth-order valence-corrected chi connectivity index (χ4v) is 6.35. The maximum absolute atomic E-state index is 12.3. The summed E-state index contributed by atoms with van der Waals surface area (Å²) in [6, 6.07) is 23.9. The van der Waals surface area contributed by atoms with Gasteiger partial charge in [0.2, 0.25) is 11.8 Å². The van der Waals surface area contributed by atoms with E-state index in [-0.39, 0.29) is 36.5 Å². The Morgan fingerprint density at radius 2 is 1.59 bits per heavy atom. The van der Waals surface area contributed by atoms with E-state index in [0.717, 1.165) is 57.9 Å². The van der Waals surface area contributed by atoms with Crippen LogP contribution in [0.2, 0.25) is 0 Å². The highest BCUT2D eigenvalue weighted by Gasteiger charge is 2.38. The Morgan fingerprint density at radius 3 is 2.30 bits per heavy atom. The molecule has 0 aromatic heterocycles. The van der Waals surface area contributed by atoms with Crippen LogP contribution in [0.4, 0.5) is 0 Å². The number of thioether (sulfide) groups is 1. The topological polar surface area (TPSA) is 106 Å². The van der Waals surface area contributed by atoms with Crippen molar-refractivity contribution in [2.24, 2.45) is 5.92 Å². The second kappa shape index (κ2) is 17.2. The van der Waals surface area contributed by atoms with Crippen molar-refractivity contribution in [1.29, 1.82) is 0 Å². The van der Waals surface area contributed by atoms with Crippen LogP contribution < -0.4 is 15.4 Å². The van der Waals surface area contributed by atoms with Gasteiger partial charge in [-0.05, 0) is 41.7 Å². The number of benzene rings is 3. The molecule has 0 aliphatic carbocycles. The number of unbranched alkanes of at least 4 members (excludes halogenated alkanes) is 2. The summed E-state index contributed by atoms with van der Waals surface area (Å²) in [5, 5.41) is 15.3. The molecule has 3 aromatic rings. The number of hydrogen-bond donors (Lipinski definition) is 3. The number of aliphatic hydroxyl groups is 1. The minimum absolute atomic E-state index is 0.00198. The summed E-state index contributed by atoms with van der Waals surface area (Å²) in [7, 11) is 1.68. The van der Waals surface area contributed by atoms with Crippen molar-refractivity contribution in [3.8, 4) is 5.75 Å². The molecule has 9 heteroatoms. The van der Waals surface area contributed by atoms with Gasteiger partial charge in [-0.15, -0.1) is 11.8 Å². The fraction of sp³-hybridized carbons (Fsp3) is 0.429. The Bertz CT molecular complexity index is 1330. The number of aliphatic hydroxyl groups excluding tert-OH is 1. The molecule has 0 spiro atoms. The Hall–Kier alpha value is -3.37. The summed E-state index contributed by atoms with van der Waals surface area (Å²) >= 11 is 1.71. The van der Waals surface area contributed by atoms with Gasteiger partial charge in [-0.1, -0.05) is 74.0 Å². The van der Waals surface area contributed by atoms with E-state index < -0.39 is 6.29 Å². The van der Waals surface area contributed by atoms with Crippen molar-refractivity contribution in [2.45, 2.75) is 76.1 Å². The van der Waals surface area contributed by atoms with Gasteiger partial charge in [-0.2, -0.15) is 0 Å². The maximum Gasteiger partial charge on any atom is 0.220 e. The molecular formula is C35H44N2O6S. The first kappa shape index (κ1) is 33.5. The van der Waals surface area contributed by atoms with Crippen molar-refractivity contribution in [3.63, 3.8) is 0 Å². The van der Waals surface area contributed by atoms with Gasteiger partial charge in [0, 0.05) is 48.6 Å². The van der Waals surface area contributed by atoms with Gasteiger partial charge in [-0.3, -0.25) is 9.59 Å². The minimum atomic E-state index is -0.557. The third-order valence-electron chi connectivity index (χ3n) is 7.79. The number of methoxy groups -OCH3 is 1. The number of rotatable bonds is 15. The van der Waals surface area contributed by atoms with Crippen LogP contribution in [0.3, 0.4) is 0 Å². The Morgan fingerprint density at radius 1 is 0.886 bits per heavy atom. The van der Waals surface area contributed by atoms with Crippen molar-refractivity contribution in [1.82, 2.24) is 10.6 Å². The van der Waals surface area contributed by atoms with E-state index in [2.05, 4.69) is 23.6 Å². The van der Waals surface area contributed by atoms with Gasteiger partial charge in [-0.25, -0.2) is 0 Å². The zero-order valence-corrected chi connectivity index (χ0v) is 26.6. The lowest BCUT2D eigenvalue weighted by Crippen LogP contribution is -2.38. The van der Waals surface area contributed by atoms with E-state index in [1.54, 1.807) is 18.9 Å². The van der Waals surface area contributed by atoms with E-state index in [9.17, 15) is 14.7 Å². The zero-order chi connectivity index (χ0) is 31.3. The zero-order valence-electron chi connectivity index (χ0n) is 25.8. The van der Waals surface area contributed by atoms with Crippen LogP contribution in [-0.2, 0) is 32.2 Å². The number of hydrogen-bond acceptors (Lipinski definition) is 7. The molecule has 3 N–H and O–H groups in total. The van der Waals surface area contributed by atoms with Gasteiger partial charge in [0.15, 0.2) is 6.29 Å². The molecule has 1 saturated heterocycles. The SMILES string of the molecule is COc1ccccc1SCC1OC(c2ccc(CNC(=O)CCCCCNC(C)=O)cc2)OC(c2ccc(CO)cc2)C1C. The van der Waals surface area contributed by atoms with Gasteiger partial charge >= 0.3 is 0 Å². The van der Waals surface area contributed by atoms with Crippen LogP contribution >= 0.6 is 11.8 Å². The molecule has 44 heavy (non-hydrogen) atoms. The predicted molar refractivity (Wildman–Crippen MR) is 172 cm³/mol. The third kappa shape index (κ3) is 9.82. The molecule has 4 atom stereocenters. The average Bonchev–Trinajstić information content (AvgIpc) is 3.05. The first-order valence-electron chi connectivity index (χ1n) is 15.2. The number of carbonyl (C=O) groups excluding carboxylic acids is 2. The van der Waals surface area contributed by atoms with E-state index in [0.29, 0.717) is 19.5 Å². The summed E-state index contributed by atoms with van der Waals surface area (Å²) in [6.07, 6.45) is 2.18. The average molecular weight is 621 g/mol. The first-order valence-corrected chi connectivity index (χ1v) is 16.2. The molecule has 4 unspecified atom stereocenters. The van der Waals surface area contributed by atoms with Crippen LogP contribution in [0.15, 0.2) is 77.7 Å². The van der Waals surface area contributed by atoms with E-state index >= 15 is 0 Å². The van der Waals surface area contributed by atoms with E-state index in [1.165, 1.54) is 6.92 Å². The number of nitrogens with one attached hydrogen (secondary N) is 2. The highest BCUT2D eigenvalue weighted by atomic mass is 32.2. The Labute approximate surface area is 264 Å². The van der Waals surface area contributed by atoms with Crippen LogP contribution in [0, 0.1) is 5.92 Å². The molecule has 0 saturated carbocycles. The summed E-state index contributed by atoms with van der Waals surface area (Å²) < 4.78 is 18.7. The second-order valence-corrected chi connectivity index (χ2v) is 12.2. The third-order valence-corrected chi connectivity index (χ3v) is 8.94. The maximum atomic E-state index is 12.3. The second-order valence-electron chi connectivity index (χ2n) is 11.1. The highest BCUT2D eigenvalue weighted by Crippen LogP contribution is 2.43. The van der Waals surface area contributed by atoms with Crippen molar-refractivity contribution in [2.75, 3.05) is 19.4 Å². The standard InChI is InChI=1S/C35H44N2O6S/c1-24-31(23-44-32-10-7-6-9-30(32)41-3)42-35(43-34(24)28-16-14-27(22-38)15-17-28)29-18-12-26(13-19-29)21-37-33(40)11-5-4-8-20-36-25(2)39/h6-7,9-10,12-19,24,31,34-35,38H,4-5,8,11,20-23H2,1-3H3,(H,36,39)(H,37,40). The molecule has 0 bridgehead atoms. The van der Waals surface area contributed by atoms with Crippen LogP contribution in [0.25, 0.3) is 0 Å². The number of ether oxygens (including phenoxy) is 3. The first-order chi connectivity index (χ1) is 21.4. The monoisotopic (exact) mass is 620 g/mol. The minimum Gasteiger partial charge on any atom is -0.496 e. The smallest absolute Gasteiger partial charge is 0.220 e. The van der Waals surface area contributed by atoms with Crippen molar-refractivity contribution in [3.05, 3.63) is 95.1 Å². The van der Waals surface area contributed by atoms with Gasteiger partial charge < -0.3 is 30.0 Å². The molecule has 2 amide bonds. The number of carbonyl (C=O) groups is 2. The number of para-hydroxylation sites is 1. The van der Waals surface area contributed by atoms with Crippen LogP contribution in [-0.4, -0.2) is 42.4 Å². The molecule has 4 rings (SSSR count). The lowest BCUT2D eigenvalue weighted by molar-refractivity contribution is -0.268. The molecule has 1 heterocycles. The predicted octanol–water partition coefficient (Wildman–Crippen LogP) is 6.08.